The standard InChI is InChI=1S/C16H34O4/c1-12(11-13(2)17-18-14(3,4)5)16(9,10)20-19-15(6,7)8/h12-13H,11H2,1-10H3. The maximum absolute atomic E-state index is 5.61. The van der Waals surface area contributed by atoms with Crippen LogP contribution in [0.5, 0.6) is 0 Å². The smallest absolute Gasteiger partial charge is 0.101 e. The van der Waals surface area contributed by atoms with Gasteiger partial charge in [-0.25, -0.2) is 19.6 Å². The van der Waals surface area contributed by atoms with Crippen molar-refractivity contribution in [3.8, 4) is 0 Å². The van der Waals surface area contributed by atoms with Crippen LogP contribution in [0, 0.1) is 5.92 Å². The van der Waals surface area contributed by atoms with E-state index in [9.17, 15) is 0 Å². The van der Waals surface area contributed by atoms with Crippen LogP contribution in [0.2, 0.25) is 0 Å². The first-order chi connectivity index (χ1) is 8.73. The minimum absolute atomic E-state index is 0.00161. The monoisotopic (exact) mass is 290 g/mol. The maximum Gasteiger partial charge on any atom is 0.101 e. The molecule has 0 amide bonds. The molecule has 0 rings (SSSR count). The number of hydrogen-bond acceptors (Lipinski definition) is 4. The van der Waals surface area contributed by atoms with Crippen LogP contribution in [0.15, 0.2) is 0 Å². The summed E-state index contributed by atoms with van der Waals surface area (Å²) in [7, 11) is 0. The normalized spacial score (nSPS) is 17.1. The second kappa shape index (κ2) is 7.21. The Kier molecular flexibility index (Phi) is 7.15. The van der Waals surface area contributed by atoms with Gasteiger partial charge in [-0.15, -0.1) is 0 Å². The van der Waals surface area contributed by atoms with Crippen molar-refractivity contribution in [1.29, 1.82) is 0 Å². The molecular weight excluding hydrogens is 256 g/mol. The lowest BCUT2D eigenvalue weighted by Crippen LogP contribution is -2.38. The van der Waals surface area contributed by atoms with Gasteiger partial charge in [0.15, 0.2) is 0 Å². The average Bonchev–Trinajstić information content (AvgIpc) is 2.22. The molecule has 0 spiro atoms. The second-order valence-corrected chi connectivity index (χ2v) is 8.12. The van der Waals surface area contributed by atoms with E-state index < -0.39 is 0 Å². The van der Waals surface area contributed by atoms with Crippen molar-refractivity contribution < 1.29 is 19.6 Å². The van der Waals surface area contributed by atoms with Gasteiger partial charge in [-0.2, -0.15) is 0 Å². The van der Waals surface area contributed by atoms with E-state index in [0.29, 0.717) is 0 Å². The van der Waals surface area contributed by atoms with E-state index in [1.807, 2.05) is 62.3 Å². The summed E-state index contributed by atoms with van der Waals surface area (Å²) in [4.78, 5) is 21.8. The predicted octanol–water partition coefficient (Wildman–Crippen LogP) is 4.67. The van der Waals surface area contributed by atoms with Crippen LogP contribution in [-0.2, 0) is 19.6 Å². The fourth-order valence-corrected chi connectivity index (χ4v) is 1.36. The first-order valence-electron chi connectivity index (χ1n) is 7.44. The molecule has 0 aromatic carbocycles. The van der Waals surface area contributed by atoms with Gasteiger partial charge in [0.25, 0.3) is 0 Å². The summed E-state index contributed by atoms with van der Waals surface area (Å²) in [6.07, 6.45) is 0.832. The summed E-state index contributed by atoms with van der Waals surface area (Å²) in [5.41, 5.74) is -0.986. The molecule has 4 nitrogen and oxygen atoms in total. The van der Waals surface area contributed by atoms with E-state index in [1.54, 1.807) is 0 Å². The Labute approximate surface area is 125 Å². The molecule has 0 bridgehead atoms. The van der Waals surface area contributed by atoms with Crippen LogP contribution < -0.4 is 0 Å². The number of rotatable bonds is 7. The minimum atomic E-state index is -0.382. The fraction of sp³-hybridized carbons (Fsp3) is 1.00. The highest BCUT2D eigenvalue weighted by molar-refractivity contribution is 4.77. The Morgan fingerprint density at radius 2 is 1.15 bits per heavy atom. The van der Waals surface area contributed by atoms with Crippen molar-refractivity contribution in [2.75, 3.05) is 0 Å². The lowest BCUT2D eigenvalue weighted by Gasteiger charge is -2.34. The summed E-state index contributed by atoms with van der Waals surface area (Å²) >= 11 is 0. The van der Waals surface area contributed by atoms with Gasteiger partial charge in [-0.1, -0.05) is 6.92 Å². The van der Waals surface area contributed by atoms with Gasteiger partial charge >= 0.3 is 0 Å². The maximum atomic E-state index is 5.61. The minimum Gasteiger partial charge on any atom is -0.233 e. The lowest BCUT2D eigenvalue weighted by molar-refractivity contribution is -0.409. The third-order valence-corrected chi connectivity index (χ3v) is 2.84. The van der Waals surface area contributed by atoms with E-state index in [2.05, 4.69) is 6.92 Å². The summed E-state index contributed by atoms with van der Waals surface area (Å²) in [6.45, 7) is 20.0. The first kappa shape index (κ1) is 19.8. The van der Waals surface area contributed by atoms with Crippen LogP contribution >= 0.6 is 0 Å². The molecule has 0 aromatic rings. The third kappa shape index (κ3) is 9.70. The molecule has 2 unspecified atom stereocenters. The largest absolute Gasteiger partial charge is 0.233 e. The van der Waals surface area contributed by atoms with Gasteiger partial charge in [0.1, 0.15) is 5.60 Å². The molecular formula is C16H34O4. The first-order valence-corrected chi connectivity index (χ1v) is 7.44. The Balaban J connectivity index is 4.26. The van der Waals surface area contributed by atoms with E-state index in [-0.39, 0.29) is 28.8 Å². The van der Waals surface area contributed by atoms with Crippen LogP contribution in [-0.4, -0.2) is 22.9 Å². The predicted molar refractivity (Wildman–Crippen MR) is 81.2 cm³/mol. The van der Waals surface area contributed by atoms with E-state index in [1.165, 1.54) is 0 Å². The molecule has 0 aliphatic heterocycles. The van der Waals surface area contributed by atoms with E-state index in [0.717, 1.165) is 6.42 Å². The fourth-order valence-electron chi connectivity index (χ4n) is 1.36. The number of hydrogen-bond donors (Lipinski definition) is 0. The highest BCUT2D eigenvalue weighted by Crippen LogP contribution is 2.28. The molecule has 0 radical (unpaired) electrons. The molecule has 0 aromatic heterocycles. The molecule has 4 heteroatoms. The molecule has 122 valence electrons. The summed E-state index contributed by atoms with van der Waals surface area (Å²) < 4.78 is 0. The lowest BCUT2D eigenvalue weighted by atomic mass is 9.88. The van der Waals surface area contributed by atoms with Gasteiger partial charge < -0.3 is 0 Å². The quantitative estimate of drug-likeness (QED) is 0.504. The SMILES string of the molecule is CC(CC(C)C(C)(C)OOC(C)(C)C)OOC(C)(C)C. The Morgan fingerprint density at radius 3 is 1.55 bits per heavy atom. The zero-order valence-corrected chi connectivity index (χ0v) is 15.0. The summed E-state index contributed by atoms with van der Waals surface area (Å²) in [5.74, 6) is 0.267. The van der Waals surface area contributed by atoms with Crippen LogP contribution in [0.3, 0.4) is 0 Å². The van der Waals surface area contributed by atoms with Crippen LogP contribution in [0.1, 0.15) is 75.7 Å². The molecule has 0 heterocycles. The van der Waals surface area contributed by atoms with Crippen molar-refractivity contribution >= 4 is 0 Å². The van der Waals surface area contributed by atoms with Gasteiger partial charge in [-0.05, 0) is 74.7 Å². The Bertz CT molecular complexity index is 273. The van der Waals surface area contributed by atoms with Crippen molar-refractivity contribution in [2.24, 2.45) is 5.92 Å². The molecule has 20 heavy (non-hydrogen) atoms. The van der Waals surface area contributed by atoms with Gasteiger partial charge in [-0.3, -0.25) is 0 Å². The van der Waals surface area contributed by atoms with Crippen molar-refractivity contribution in [3.63, 3.8) is 0 Å². The van der Waals surface area contributed by atoms with Gasteiger partial charge in [0, 0.05) is 0 Å². The molecule has 0 fully saturated rings. The second-order valence-electron chi connectivity index (χ2n) is 8.12. The summed E-state index contributed by atoms with van der Waals surface area (Å²) in [5, 5.41) is 0. The van der Waals surface area contributed by atoms with Gasteiger partial charge in [0.05, 0.1) is 17.3 Å². The van der Waals surface area contributed by atoms with E-state index >= 15 is 0 Å². The van der Waals surface area contributed by atoms with Crippen LogP contribution in [0.25, 0.3) is 0 Å². The zero-order valence-electron chi connectivity index (χ0n) is 15.0. The van der Waals surface area contributed by atoms with E-state index in [4.69, 9.17) is 19.6 Å². The highest BCUT2D eigenvalue weighted by atomic mass is 17.2. The molecule has 0 saturated carbocycles. The van der Waals surface area contributed by atoms with Gasteiger partial charge in [0.2, 0.25) is 0 Å². The third-order valence-electron chi connectivity index (χ3n) is 2.84. The Hall–Kier alpha value is -0.160. The van der Waals surface area contributed by atoms with Crippen molar-refractivity contribution in [1.82, 2.24) is 0 Å². The average molecular weight is 290 g/mol. The van der Waals surface area contributed by atoms with Crippen molar-refractivity contribution in [2.45, 2.75) is 98.6 Å². The molecule has 0 N–H and O–H groups in total. The molecule has 2 atom stereocenters. The topological polar surface area (TPSA) is 36.9 Å². The van der Waals surface area contributed by atoms with Crippen LogP contribution in [0.4, 0.5) is 0 Å². The molecule has 0 aliphatic rings. The molecule has 0 saturated heterocycles. The summed E-state index contributed by atoms with van der Waals surface area (Å²) in [6, 6.07) is 0. The van der Waals surface area contributed by atoms with Crippen molar-refractivity contribution in [3.05, 3.63) is 0 Å². The highest BCUT2D eigenvalue weighted by Gasteiger charge is 2.32. The Morgan fingerprint density at radius 1 is 0.700 bits per heavy atom. The zero-order chi connectivity index (χ0) is 16.2. The molecule has 0 aliphatic carbocycles.